The van der Waals surface area contributed by atoms with Crippen LogP contribution in [0.2, 0.25) is 0 Å². The van der Waals surface area contributed by atoms with Crippen molar-refractivity contribution in [2.75, 3.05) is 13.1 Å². The average Bonchev–Trinajstić information content (AvgIpc) is 3.17. The largest absolute Gasteiger partial charge is 0.324 e. The third-order valence-electron chi connectivity index (χ3n) is 4.50. The number of fused-ring (bicyclic) bond motifs is 1. The summed E-state index contributed by atoms with van der Waals surface area (Å²) in [5, 5.41) is 7.94. The molecule has 0 saturated carbocycles. The molecule has 0 aliphatic carbocycles. The van der Waals surface area contributed by atoms with Gasteiger partial charge >= 0.3 is 6.03 Å². The highest BCUT2D eigenvalue weighted by Gasteiger charge is 2.34. The fraction of sp³-hybridized carbons (Fsp3) is 0.353. The Kier molecular flexibility index (Phi) is 3.25. The van der Waals surface area contributed by atoms with Crippen LogP contribution in [0.5, 0.6) is 0 Å². The number of likely N-dealkylation sites (tertiary alicyclic amines) is 1. The molecule has 22 heavy (non-hydrogen) atoms. The van der Waals surface area contributed by atoms with Crippen molar-refractivity contribution in [2.45, 2.75) is 25.3 Å². The lowest BCUT2D eigenvalue weighted by atomic mass is 9.95. The molecule has 0 spiro atoms. The summed E-state index contributed by atoms with van der Waals surface area (Å²) < 4.78 is 0. The Morgan fingerprint density at radius 3 is 2.86 bits per heavy atom. The SMILES string of the molecule is O=C(N1C=C2C=NN=C2C1)N1CCCCC1c1ccccc1. The summed E-state index contributed by atoms with van der Waals surface area (Å²) in [6.45, 7) is 1.35. The first-order valence-electron chi connectivity index (χ1n) is 7.77. The normalized spacial score (nSPS) is 23.4. The first-order chi connectivity index (χ1) is 10.8. The molecule has 0 radical (unpaired) electrons. The van der Waals surface area contributed by atoms with Gasteiger partial charge in [0.2, 0.25) is 0 Å². The molecule has 5 nitrogen and oxygen atoms in total. The number of carbonyl (C=O) groups is 1. The van der Waals surface area contributed by atoms with E-state index >= 15 is 0 Å². The van der Waals surface area contributed by atoms with Gasteiger partial charge in [0.05, 0.1) is 24.5 Å². The molecular weight excluding hydrogens is 276 g/mol. The maximum atomic E-state index is 12.9. The number of amides is 2. The van der Waals surface area contributed by atoms with Gasteiger partial charge in [-0.05, 0) is 24.8 Å². The molecule has 0 aromatic heterocycles. The molecule has 1 aromatic carbocycles. The molecular formula is C17H18N4O. The Morgan fingerprint density at radius 1 is 1.18 bits per heavy atom. The van der Waals surface area contributed by atoms with Crippen molar-refractivity contribution in [3.8, 4) is 0 Å². The summed E-state index contributed by atoms with van der Waals surface area (Å²) in [5.41, 5.74) is 3.07. The predicted octanol–water partition coefficient (Wildman–Crippen LogP) is 2.97. The van der Waals surface area contributed by atoms with E-state index in [-0.39, 0.29) is 12.1 Å². The number of hydrogen-bond donors (Lipinski definition) is 0. The molecule has 3 aliphatic rings. The maximum Gasteiger partial charge on any atom is 0.324 e. The van der Waals surface area contributed by atoms with E-state index in [1.165, 1.54) is 12.0 Å². The van der Waals surface area contributed by atoms with Gasteiger partial charge in [0.25, 0.3) is 0 Å². The minimum Gasteiger partial charge on any atom is -0.317 e. The van der Waals surface area contributed by atoms with Crippen LogP contribution in [0.4, 0.5) is 4.79 Å². The Labute approximate surface area is 129 Å². The molecule has 5 heteroatoms. The van der Waals surface area contributed by atoms with Gasteiger partial charge in [0.1, 0.15) is 0 Å². The van der Waals surface area contributed by atoms with Crippen LogP contribution in [0.15, 0.2) is 52.3 Å². The van der Waals surface area contributed by atoms with Crippen LogP contribution < -0.4 is 0 Å². The number of hydrogen-bond acceptors (Lipinski definition) is 3. The van der Waals surface area contributed by atoms with E-state index in [9.17, 15) is 4.79 Å². The van der Waals surface area contributed by atoms with Gasteiger partial charge in [0.15, 0.2) is 0 Å². The van der Waals surface area contributed by atoms with Crippen LogP contribution in [-0.4, -0.2) is 40.8 Å². The summed E-state index contributed by atoms with van der Waals surface area (Å²) in [5.74, 6) is 0. The molecule has 0 bridgehead atoms. The molecule has 1 fully saturated rings. The van der Waals surface area contributed by atoms with Crippen LogP contribution in [0, 0.1) is 0 Å². The molecule has 112 valence electrons. The summed E-state index contributed by atoms with van der Waals surface area (Å²) in [7, 11) is 0. The number of urea groups is 1. The minimum absolute atomic E-state index is 0.0755. The lowest BCUT2D eigenvalue weighted by molar-refractivity contribution is 0.132. The van der Waals surface area contributed by atoms with E-state index in [1.807, 2.05) is 29.3 Å². The van der Waals surface area contributed by atoms with Gasteiger partial charge in [-0.3, -0.25) is 4.90 Å². The number of benzene rings is 1. The van der Waals surface area contributed by atoms with Crippen LogP contribution in [0.3, 0.4) is 0 Å². The van der Waals surface area contributed by atoms with Crippen LogP contribution in [0.1, 0.15) is 30.9 Å². The first kappa shape index (κ1) is 13.2. The zero-order valence-corrected chi connectivity index (χ0v) is 12.4. The highest BCUT2D eigenvalue weighted by molar-refractivity contribution is 6.21. The van der Waals surface area contributed by atoms with E-state index < -0.39 is 0 Å². The third-order valence-corrected chi connectivity index (χ3v) is 4.50. The smallest absolute Gasteiger partial charge is 0.317 e. The molecule has 0 N–H and O–H groups in total. The topological polar surface area (TPSA) is 48.3 Å². The zero-order valence-electron chi connectivity index (χ0n) is 12.4. The molecule has 1 aromatic rings. The Hall–Kier alpha value is -2.43. The molecule has 1 atom stereocenters. The molecule has 2 amide bonds. The van der Waals surface area contributed by atoms with E-state index in [0.717, 1.165) is 30.7 Å². The monoisotopic (exact) mass is 294 g/mol. The first-order valence-corrected chi connectivity index (χ1v) is 7.77. The van der Waals surface area contributed by atoms with Gasteiger partial charge in [-0.25, -0.2) is 4.79 Å². The van der Waals surface area contributed by atoms with Crippen LogP contribution in [-0.2, 0) is 0 Å². The van der Waals surface area contributed by atoms with Crippen molar-refractivity contribution in [1.29, 1.82) is 0 Å². The van der Waals surface area contributed by atoms with Gasteiger partial charge in [-0.2, -0.15) is 10.2 Å². The number of rotatable bonds is 1. The standard InChI is InChI=1S/C17H18N4O/c22-17(20-11-14-10-18-19-15(14)12-20)21-9-5-4-8-16(21)13-6-2-1-3-7-13/h1-3,6-7,10-11,16H,4-5,8-9,12H2. The molecule has 3 aliphatic heterocycles. The summed E-state index contributed by atoms with van der Waals surface area (Å²) >= 11 is 0. The Balaban J connectivity index is 1.57. The lowest BCUT2D eigenvalue weighted by Gasteiger charge is -2.37. The summed E-state index contributed by atoms with van der Waals surface area (Å²) in [6, 6.07) is 10.6. The summed E-state index contributed by atoms with van der Waals surface area (Å²) in [4.78, 5) is 16.7. The van der Waals surface area contributed by atoms with Crippen molar-refractivity contribution in [3.05, 3.63) is 47.7 Å². The fourth-order valence-electron chi connectivity index (χ4n) is 3.37. The number of carbonyl (C=O) groups excluding carboxylic acids is 1. The van der Waals surface area contributed by atoms with Gasteiger partial charge < -0.3 is 4.90 Å². The van der Waals surface area contributed by atoms with Gasteiger partial charge in [-0.1, -0.05) is 30.3 Å². The molecule has 3 heterocycles. The highest BCUT2D eigenvalue weighted by atomic mass is 16.2. The van der Waals surface area contributed by atoms with E-state index in [1.54, 1.807) is 11.1 Å². The zero-order chi connectivity index (χ0) is 14.9. The minimum atomic E-state index is 0.0755. The van der Waals surface area contributed by atoms with E-state index in [4.69, 9.17) is 0 Å². The van der Waals surface area contributed by atoms with Crippen molar-refractivity contribution >= 4 is 18.0 Å². The number of nitrogens with zero attached hydrogens (tertiary/aromatic N) is 4. The van der Waals surface area contributed by atoms with Gasteiger partial charge in [-0.15, -0.1) is 0 Å². The molecule has 1 unspecified atom stereocenters. The van der Waals surface area contributed by atoms with E-state index in [2.05, 4.69) is 22.3 Å². The highest BCUT2D eigenvalue weighted by Crippen LogP contribution is 2.32. The maximum absolute atomic E-state index is 12.9. The predicted molar refractivity (Wildman–Crippen MR) is 85.9 cm³/mol. The van der Waals surface area contributed by atoms with Gasteiger partial charge in [0, 0.05) is 18.3 Å². The van der Waals surface area contributed by atoms with Crippen molar-refractivity contribution < 1.29 is 4.79 Å². The second kappa shape index (κ2) is 5.40. The van der Waals surface area contributed by atoms with E-state index in [0.29, 0.717) is 6.54 Å². The van der Waals surface area contributed by atoms with Crippen LogP contribution in [0.25, 0.3) is 0 Å². The Bertz CT molecular complexity index is 677. The molecule has 1 saturated heterocycles. The lowest BCUT2D eigenvalue weighted by Crippen LogP contribution is -2.45. The van der Waals surface area contributed by atoms with Crippen molar-refractivity contribution in [2.24, 2.45) is 10.2 Å². The van der Waals surface area contributed by atoms with Crippen molar-refractivity contribution in [1.82, 2.24) is 9.80 Å². The average molecular weight is 294 g/mol. The quantitative estimate of drug-likeness (QED) is 0.785. The third kappa shape index (κ3) is 2.22. The number of piperidine rings is 1. The van der Waals surface area contributed by atoms with Crippen LogP contribution >= 0.6 is 0 Å². The second-order valence-electron chi connectivity index (χ2n) is 5.90. The van der Waals surface area contributed by atoms with Crippen molar-refractivity contribution in [3.63, 3.8) is 0 Å². The molecule has 4 rings (SSSR count). The summed E-state index contributed by atoms with van der Waals surface area (Å²) in [6.07, 6.45) is 6.86. The Morgan fingerprint density at radius 2 is 2.05 bits per heavy atom. The fourth-order valence-corrected chi connectivity index (χ4v) is 3.37. The second-order valence-corrected chi connectivity index (χ2v) is 5.90.